The van der Waals surface area contributed by atoms with Crippen LogP contribution in [0.5, 0.6) is 0 Å². The fourth-order valence-electron chi connectivity index (χ4n) is 5.24. The smallest absolute Gasteiger partial charge is 0.237 e. The highest BCUT2D eigenvalue weighted by atomic mass is 16.2. The molecule has 2 aliphatic heterocycles. The molecule has 7 nitrogen and oxygen atoms in total. The number of nitrogens with zero attached hydrogens (tertiary/aromatic N) is 3. The molecule has 2 saturated heterocycles. The highest BCUT2D eigenvalue weighted by molar-refractivity contribution is 5.84. The quantitative estimate of drug-likeness (QED) is 0.677. The first-order chi connectivity index (χ1) is 15.0. The predicted octanol–water partition coefficient (Wildman–Crippen LogP) is 1.86. The maximum Gasteiger partial charge on any atom is 0.237 e. The van der Waals surface area contributed by atoms with Gasteiger partial charge in [0.05, 0.1) is 6.04 Å². The third kappa shape index (κ3) is 4.48. The van der Waals surface area contributed by atoms with Gasteiger partial charge < -0.3 is 20.1 Å². The van der Waals surface area contributed by atoms with Gasteiger partial charge in [0.25, 0.3) is 0 Å². The van der Waals surface area contributed by atoms with E-state index in [1.54, 1.807) is 0 Å². The van der Waals surface area contributed by atoms with Crippen LogP contribution in [-0.4, -0.2) is 70.5 Å². The Kier molecular flexibility index (Phi) is 6.62. The molecule has 2 amide bonds. The molecule has 0 bridgehead atoms. The summed E-state index contributed by atoms with van der Waals surface area (Å²) in [6.07, 6.45) is 4.34. The number of carbonyl (C=O) groups is 2. The standard InChI is InChI=1S/C24H35N5O2/c1-4-28(5-2)23(30)11-10-19-14-26-24(31)22-12-18(16-29(19)22)25-13-17-15-27(3)21-9-7-6-8-20(17)21/h6-9,15,18-19,22,25H,4-5,10-14,16H2,1-3H3,(H,26,31). The monoisotopic (exact) mass is 425 g/mol. The van der Waals surface area contributed by atoms with E-state index in [1.165, 1.54) is 16.5 Å². The number of para-hydroxylation sites is 1. The molecule has 168 valence electrons. The normalized spacial score (nSPS) is 23.7. The van der Waals surface area contributed by atoms with Gasteiger partial charge in [0.15, 0.2) is 0 Å². The summed E-state index contributed by atoms with van der Waals surface area (Å²) in [5.41, 5.74) is 2.52. The Morgan fingerprint density at radius 2 is 2.03 bits per heavy atom. The van der Waals surface area contributed by atoms with Crippen molar-refractivity contribution in [2.24, 2.45) is 7.05 Å². The van der Waals surface area contributed by atoms with Crippen molar-refractivity contribution in [2.45, 2.75) is 57.8 Å². The van der Waals surface area contributed by atoms with E-state index >= 15 is 0 Å². The van der Waals surface area contributed by atoms with Gasteiger partial charge in [-0.1, -0.05) is 18.2 Å². The van der Waals surface area contributed by atoms with Crippen molar-refractivity contribution in [3.05, 3.63) is 36.0 Å². The summed E-state index contributed by atoms with van der Waals surface area (Å²) < 4.78 is 2.17. The minimum atomic E-state index is -0.0904. The fraction of sp³-hybridized carbons (Fsp3) is 0.583. The number of piperazine rings is 1. The second-order valence-corrected chi connectivity index (χ2v) is 8.81. The van der Waals surface area contributed by atoms with Gasteiger partial charge in [-0.25, -0.2) is 0 Å². The number of nitrogens with one attached hydrogen (secondary N) is 2. The average Bonchev–Trinajstić information content (AvgIpc) is 3.35. The van der Waals surface area contributed by atoms with Gasteiger partial charge >= 0.3 is 0 Å². The van der Waals surface area contributed by atoms with Crippen LogP contribution in [0.1, 0.15) is 38.7 Å². The van der Waals surface area contributed by atoms with Crippen molar-refractivity contribution in [1.29, 1.82) is 0 Å². The summed E-state index contributed by atoms with van der Waals surface area (Å²) in [6.45, 7) is 7.82. The van der Waals surface area contributed by atoms with E-state index in [0.29, 0.717) is 13.0 Å². The summed E-state index contributed by atoms with van der Waals surface area (Å²) in [7, 11) is 2.08. The number of benzene rings is 1. The first kappa shape index (κ1) is 21.8. The molecule has 7 heteroatoms. The molecular formula is C24H35N5O2. The van der Waals surface area contributed by atoms with Crippen LogP contribution in [0.15, 0.2) is 30.5 Å². The Labute approximate surface area is 184 Å². The highest BCUT2D eigenvalue weighted by Crippen LogP contribution is 2.27. The largest absolute Gasteiger partial charge is 0.353 e. The average molecular weight is 426 g/mol. The van der Waals surface area contributed by atoms with Gasteiger partial charge in [0.1, 0.15) is 0 Å². The Bertz CT molecular complexity index is 935. The van der Waals surface area contributed by atoms with Crippen LogP contribution in [0.4, 0.5) is 0 Å². The SMILES string of the molecule is CCN(CC)C(=O)CCC1CNC(=O)C2CC(NCc3cn(C)c4ccccc34)CN12. The third-order valence-corrected chi connectivity index (χ3v) is 6.99. The Hall–Kier alpha value is -2.38. The lowest BCUT2D eigenvalue weighted by atomic mass is 10.0. The number of fused-ring (bicyclic) bond motifs is 2. The van der Waals surface area contributed by atoms with Crippen LogP contribution in [0.3, 0.4) is 0 Å². The maximum absolute atomic E-state index is 12.5. The van der Waals surface area contributed by atoms with Gasteiger partial charge in [-0.05, 0) is 38.3 Å². The number of hydrogen-bond donors (Lipinski definition) is 2. The molecule has 3 atom stereocenters. The summed E-state index contributed by atoms with van der Waals surface area (Å²) in [5, 5.41) is 8.04. The van der Waals surface area contributed by atoms with Crippen molar-refractivity contribution in [2.75, 3.05) is 26.2 Å². The number of hydrogen-bond acceptors (Lipinski definition) is 4. The second kappa shape index (κ2) is 9.40. The molecule has 3 unspecified atom stereocenters. The zero-order chi connectivity index (χ0) is 22.0. The van der Waals surface area contributed by atoms with E-state index in [0.717, 1.165) is 39.0 Å². The van der Waals surface area contributed by atoms with Crippen molar-refractivity contribution >= 4 is 22.7 Å². The zero-order valence-electron chi connectivity index (χ0n) is 18.9. The number of aromatic nitrogens is 1. The lowest BCUT2D eigenvalue weighted by molar-refractivity contribution is -0.132. The Morgan fingerprint density at radius 1 is 1.26 bits per heavy atom. The predicted molar refractivity (Wildman–Crippen MR) is 123 cm³/mol. The minimum absolute atomic E-state index is 0.0904. The lowest BCUT2D eigenvalue weighted by Crippen LogP contribution is -2.58. The minimum Gasteiger partial charge on any atom is -0.353 e. The molecule has 2 aromatic rings. The summed E-state index contributed by atoms with van der Waals surface area (Å²) in [6, 6.07) is 8.87. The third-order valence-electron chi connectivity index (χ3n) is 6.99. The molecule has 0 aliphatic carbocycles. The van der Waals surface area contributed by atoms with E-state index in [4.69, 9.17) is 0 Å². The Morgan fingerprint density at radius 3 is 2.81 bits per heavy atom. The van der Waals surface area contributed by atoms with Crippen LogP contribution in [0, 0.1) is 0 Å². The number of rotatable bonds is 8. The van der Waals surface area contributed by atoms with Crippen molar-refractivity contribution < 1.29 is 9.59 Å². The topological polar surface area (TPSA) is 69.6 Å². The van der Waals surface area contributed by atoms with Crippen molar-refractivity contribution in [3.63, 3.8) is 0 Å². The molecule has 1 aromatic heterocycles. The van der Waals surface area contributed by atoms with Crippen molar-refractivity contribution in [1.82, 2.24) is 25.0 Å². The number of aryl methyl sites for hydroxylation is 1. The zero-order valence-corrected chi connectivity index (χ0v) is 18.9. The molecule has 3 heterocycles. The van der Waals surface area contributed by atoms with Crippen molar-refractivity contribution in [3.8, 4) is 0 Å². The van der Waals surface area contributed by atoms with E-state index in [1.807, 2.05) is 18.7 Å². The van der Waals surface area contributed by atoms with E-state index in [2.05, 4.69) is 57.6 Å². The summed E-state index contributed by atoms with van der Waals surface area (Å²) in [5.74, 6) is 0.337. The molecule has 31 heavy (non-hydrogen) atoms. The Balaban J connectivity index is 1.37. The molecule has 2 N–H and O–H groups in total. The molecule has 1 aromatic carbocycles. The van der Waals surface area contributed by atoms with Crippen LogP contribution >= 0.6 is 0 Å². The highest BCUT2D eigenvalue weighted by Gasteiger charge is 2.43. The lowest BCUT2D eigenvalue weighted by Gasteiger charge is -2.37. The molecule has 0 spiro atoms. The van der Waals surface area contributed by atoms with E-state index in [-0.39, 0.29) is 29.9 Å². The van der Waals surface area contributed by atoms with Gasteiger partial charge in [-0.3, -0.25) is 14.5 Å². The number of carbonyl (C=O) groups excluding carboxylic acids is 2. The fourth-order valence-corrected chi connectivity index (χ4v) is 5.24. The van der Waals surface area contributed by atoms with E-state index in [9.17, 15) is 9.59 Å². The molecule has 0 saturated carbocycles. The molecule has 4 rings (SSSR count). The first-order valence-electron chi connectivity index (χ1n) is 11.6. The van der Waals surface area contributed by atoms with Crippen LogP contribution in [0.25, 0.3) is 10.9 Å². The van der Waals surface area contributed by atoms with Gasteiger partial charge in [-0.15, -0.1) is 0 Å². The molecular weight excluding hydrogens is 390 g/mol. The van der Waals surface area contributed by atoms with Gasteiger partial charge in [-0.2, -0.15) is 0 Å². The number of amides is 2. The maximum atomic E-state index is 12.5. The van der Waals surface area contributed by atoms with Gasteiger partial charge in [0, 0.05) is 75.4 Å². The first-order valence-corrected chi connectivity index (χ1v) is 11.6. The van der Waals surface area contributed by atoms with Gasteiger partial charge in [0.2, 0.25) is 11.8 Å². The summed E-state index contributed by atoms with van der Waals surface area (Å²) in [4.78, 5) is 29.2. The molecule has 0 radical (unpaired) electrons. The summed E-state index contributed by atoms with van der Waals surface area (Å²) >= 11 is 0. The second-order valence-electron chi connectivity index (χ2n) is 8.81. The van der Waals surface area contributed by atoms with Crippen LogP contribution < -0.4 is 10.6 Å². The molecule has 2 aliphatic rings. The van der Waals surface area contributed by atoms with E-state index < -0.39 is 0 Å². The molecule has 2 fully saturated rings. The van der Waals surface area contributed by atoms with Crippen LogP contribution in [0.2, 0.25) is 0 Å². The van der Waals surface area contributed by atoms with Crippen LogP contribution in [-0.2, 0) is 23.2 Å².